The Morgan fingerprint density at radius 3 is 1.58 bits per heavy atom. The number of alkyl halides is 3. The molecule has 1 unspecified atom stereocenters. The van der Waals surface area contributed by atoms with Crippen LogP contribution in [0.5, 0.6) is 0 Å². The summed E-state index contributed by atoms with van der Waals surface area (Å²) in [5.74, 6) is 0. The minimum absolute atomic E-state index is 0.0748. The van der Waals surface area contributed by atoms with E-state index in [0.717, 1.165) is 30.5 Å². The fourth-order valence-electron chi connectivity index (χ4n) is 2.67. The Kier molecular flexibility index (Phi) is 5.26. The molecule has 3 nitrogen and oxygen atoms in total. The maximum atomic E-state index is 12.8. The van der Waals surface area contributed by atoms with Gasteiger partial charge in [0.05, 0.1) is 10.3 Å². The molecule has 1 aromatic carbocycles. The highest BCUT2D eigenvalue weighted by molar-refractivity contribution is 7.92. The number of halogens is 3. The third-order valence-electron chi connectivity index (χ3n) is 4.40. The second kappa shape index (κ2) is 6.02. The molecule has 138 valence electrons. The summed E-state index contributed by atoms with van der Waals surface area (Å²) in [6.45, 7) is 8.29. The molecule has 0 aromatic heterocycles. The van der Waals surface area contributed by atoms with Gasteiger partial charge < -0.3 is 5.11 Å². The van der Waals surface area contributed by atoms with Crippen LogP contribution in [0.25, 0.3) is 0 Å². The van der Waals surface area contributed by atoms with Crippen LogP contribution in [-0.4, -0.2) is 24.5 Å². The van der Waals surface area contributed by atoms with E-state index in [-0.39, 0.29) is 12.0 Å². The summed E-state index contributed by atoms with van der Waals surface area (Å²) in [5.41, 5.74) is -2.97. The minimum Gasteiger partial charge on any atom is -0.384 e. The summed E-state index contributed by atoms with van der Waals surface area (Å²) >= 11 is 0. The van der Waals surface area contributed by atoms with Crippen LogP contribution in [0.3, 0.4) is 0 Å². The van der Waals surface area contributed by atoms with E-state index < -0.39 is 37.3 Å². The van der Waals surface area contributed by atoms with Crippen molar-refractivity contribution in [1.29, 1.82) is 0 Å². The van der Waals surface area contributed by atoms with Crippen LogP contribution in [0.4, 0.5) is 13.2 Å². The molecule has 0 saturated carbocycles. The fourth-order valence-corrected chi connectivity index (χ4v) is 3.48. The highest BCUT2D eigenvalue weighted by Gasteiger charge is 2.53. The predicted octanol–water partition coefficient (Wildman–Crippen LogP) is 4.15. The lowest BCUT2D eigenvalue weighted by Gasteiger charge is -2.45. The van der Waals surface area contributed by atoms with Gasteiger partial charge in [-0.05, 0) is 43.4 Å². The van der Waals surface area contributed by atoms with Gasteiger partial charge in [0.2, 0.25) is 0 Å². The van der Waals surface area contributed by atoms with E-state index in [1.54, 1.807) is 0 Å². The molecule has 0 spiro atoms. The number of hydrogen-bond donors (Lipinski definition) is 1. The normalized spacial score (nSPS) is 16.8. The second-order valence-corrected chi connectivity index (χ2v) is 10.5. The van der Waals surface area contributed by atoms with Crippen LogP contribution in [0.2, 0.25) is 0 Å². The zero-order valence-electron chi connectivity index (χ0n) is 14.8. The van der Waals surface area contributed by atoms with Gasteiger partial charge in [-0.25, -0.2) is 8.42 Å². The van der Waals surface area contributed by atoms with Gasteiger partial charge in [-0.1, -0.05) is 32.9 Å². The number of benzene rings is 1. The van der Waals surface area contributed by atoms with Crippen molar-refractivity contribution in [3.8, 4) is 0 Å². The summed E-state index contributed by atoms with van der Waals surface area (Å²) in [5, 5.41) is 11.3. The summed E-state index contributed by atoms with van der Waals surface area (Å²) in [7, 11) is -3.69. The molecule has 1 N–H and O–H groups in total. The van der Waals surface area contributed by atoms with E-state index >= 15 is 0 Å². The molecule has 1 aromatic rings. The van der Waals surface area contributed by atoms with Crippen molar-refractivity contribution in [2.24, 2.45) is 5.41 Å². The van der Waals surface area contributed by atoms with Crippen molar-refractivity contribution in [3.05, 3.63) is 35.4 Å². The van der Waals surface area contributed by atoms with E-state index in [4.69, 9.17) is 0 Å². The van der Waals surface area contributed by atoms with Crippen molar-refractivity contribution in [2.45, 2.75) is 57.6 Å². The standard InChI is InChI=1S/C17H25F3O3S/c1-14(2,3)11-16(21,15(4,5)24(6,22)23)12-7-9-13(10-8-12)17(18,19)20/h7-10,21H,11H2,1-6H3. The molecule has 0 aliphatic carbocycles. The fraction of sp³-hybridized carbons (Fsp3) is 0.647. The van der Waals surface area contributed by atoms with Gasteiger partial charge in [0, 0.05) is 6.26 Å². The first-order valence-electron chi connectivity index (χ1n) is 7.51. The lowest BCUT2D eigenvalue weighted by atomic mass is 9.72. The van der Waals surface area contributed by atoms with E-state index in [0.29, 0.717) is 0 Å². The van der Waals surface area contributed by atoms with Crippen LogP contribution in [0, 0.1) is 5.41 Å². The van der Waals surface area contributed by atoms with Crippen LogP contribution >= 0.6 is 0 Å². The third-order valence-corrected chi connectivity index (χ3v) is 6.59. The van der Waals surface area contributed by atoms with Crippen molar-refractivity contribution >= 4 is 9.84 Å². The van der Waals surface area contributed by atoms with E-state index in [2.05, 4.69) is 0 Å². The van der Waals surface area contributed by atoms with Gasteiger partial charge >= 0.3 is 6.18 Å². The van der Waals surface area contributed by atoms with Gasteiger partial charge in [0.1, 0.15) is 5.60 Å². The first-order valence-corrected chi connectivity index (χ1v) is 9.41. The van der Waals surface area contributed by atoms with Crippen LogP contribution in [0.1, 0.15) is 52.2 Å². The number of sulfone groups is 1. The molecule has 24 heavy (non-hydrogen) atoms. The van der Waals surface area contributed by atoms with Crippen molar-refractivity contribution in [2.75, 3.05) is 6.26 Å². The highest BCUT2D eigenvalue weighted by atomic mass is 32.2. The first kappa shape index (κ1) is 21.0. The predicted molar refractivity (Wildman–Crippen MR) is 88.3 cm³/mol. The maximum absolute atomic E-state index is 12.8. The summed E-state index contributed by atoms with van der Waals surface area (Å²) in [4.78, 5) is 0. The first-order chi connectivity index (χ1) is 10.4. The van der Waals surface area contributed by atoms with E-state index in [1.165, 1.54) is 13.8 Å². The third kappa shape index (κ3) is 4.11. The molecular weight excluding hydrogens is 341 g/mol. The average Bonchev–Trinajstić information content (AvgIpc) is 2.34. The minimum atomic E-state index is -4.49. The van der Waals surface area contributed by atoms with Gasteiger partial charge in [0.25, 0.3) is 0 Å². The van der Waals surface area contributed by atoms with Crippen LogP contribution in [-0.2, 0) is 21.6 Å². The van der Waals surface area contributed by atoms with Crippen LogP contribution in [0.15, 0.2) is 24.3 Å². The Morgan fingerprint density at radius 2 is 1.29 bits per heavy atom. The number of rotatable bonds is 4. The molecule has 1 atom stereocenters. The van der Waals surface area contributed by atoms with Crippen LogP contribution < -0.4 is 0 Å². The van der Waals surface area contributed by atoms with Crippen molar-refractivity contribution in [1.82, 2.24) is 0 Å². The molecule has 0 aliphatic rings. The molecule has 0 heterocycles. The van der Waals surface area contributed by atoms with E-state index in [1.807, 2.05) is 20.8 Å². The monoisotopic (exact) mass is 366 g/mol. The smallest absolute Gasteiger partial charge is 0.384 e. The molecule has 0 amide bonds. The van der Waals surface area contributed by atoms with Crippen molar-refractivity contribution in [3.63, 3.8) is 0 Å². The highest BCUT2D eigenvalue weighted by Crippen LogP contribution is 2.46. The number of hydrogen-bond acceptors (Lipinski definition) is 3. The SMILES string of the molecule is CC(C)(C)CC(O)(c1ccc(C(F)(F)F)cc1)C(C)(C)S(C)(=O)=O. The van der Waals surface area contributed by atoms with Gasteiger partial charge in [-0.3, -0.25) is 0 Å². The second-order valence-electron chi connectivity index (χ2n) is 7.96. The Morgan fingerprint density at radius 1 is 0.917 bits per heavy atom. The molecule has 0 radical (unpaired) electrons. The quantitative estimate of drug-likeness (QED) is 0.871. The molecular formula is C17H25F3O3S. The van der Waals surface area contributed by atoms with Gasteiger partial charge in [0.15, 0.2) is 9.84 Å². The molecule has 0 bridgehead atoms. The summed E-state index contributed by atoms with van der Waals surface area (Å²) < 4.78 is 61.2. The average molecular weight is 366 g/mol. The Balaban J connectivity index is 3.56. The van der Waals surface area contributed by atoms with Gasteiger partial charge in [-0.2, -0.15) is 13.2 Å². The molecule has 1 rings (SSSR count). The topological polar surface area (TPSA) is 54.4 Å². The number of aliphatic hydroxyl groups is 1. The Bertz CT molecular complexity index is 683. The Hall–Kier alpha value is -1.08. The molecule has 7 heteroatoms. The lowest BCUT2D eigenvalue weighted by Crippen LogP contribution is -2.54. The Labute approximate surface area is 141 Å². The van der Waals surface area contributed by atoms with E-state index in [9.17, 15) is 26.7 Å². The molecule has 0 aliphatic heterocycles. The summed E-state index contributed by atoms with van der Waals surface area (Å²) in [6.07, 6.45) is -3.40. The maximum Gasteiger partial charge on any atom is 0.416 e. The summed E-state index contributed by atoms with van der Waals surface area (Å²) in [6, 6.07) is 4.03. The van der Waals surface area contributed by atoms with Gasteiger partial charge in [-0.15, -0.1) is 0 Å². The largest absolute Gasteiger partial charge is 0.416 e. The molecule has 0 saturated heterocycles. The lowest BCUT2D eigenvalue weighted by molar-refractivity contribution is -0.137. The zero-order valence-corrected chi connectivity index (χ0v) is 15.6. The van der Waals surface area contributed by atoms with Crippen molar-refractivity contribution < 1.29 is 26.7 Å². The zero-order chi connectivity index (χ0) is 19.2. The molecule has 0 fully saturated rings.